The topological polar surface area (TPSA) is 15.3 Å². The molecule has 17 heavy (non-hydrogen) atoms. The molecule has 1 fully saturated rings. The summed E-state index contributed by atoms with van der Waals surface area (Å²) in [5, 5.41) is 4.74. The van der Waals surface area contributed by atoms with Crippen LogP contribution in [-0.4, -0.2) is 37.3 Å². The fourth-order valence-electron chi connectivity index (χ4n) is 1.96. The Bertz CT molecular complexity index is 374. The minimum absolute atomic E-state index is 0.347. The molecule has 1 aromatic rings. The van der Waals surface area contributed by atoms with Crippen LogP contribution in [0.1, 0.15) is 10.9 Å². The normalized spacial score (nSPS) is 20.5. The lowest BCUT2D eigenvalue weighted by Gasteiger charge is -2.35. The Morgan fingerprint density at radius 1 is 1.35 bits per heavy atom. The summed E-state index contributed by atoms with van der Waals surface area (Å²) < 4.78 is 40.1. The highest BCUT2D eigenvalue weighted by Crippen LogP contribution is 2.43. The van der Waals surface area contributed by atoms with Crippen LogP contribution < -0.4 is 5.32 Å². The molecule has 1 saturated heterocycles. The molecule has 2 nitrogen and oxygen atoms in total. The molecule has 96 valence electrons. The Labute approximate surface area is 110 Å². The number of rotatable bonds is 2. The standard InChI is InChI=1S/C10H12BrF3N2S/c11-7-1-6-17-8(7)9(10(12,13)14)16-4-2-15-3-5-16/h1,6,9,15H,2-5H2/t9-/m0/s1. The maximum absolute atomic E-state index is 13.2. The van der Waals surface area contributed by atoms with E-state index in [0.717, 1.165) is 11.3 Å². The predicted octanol–water partition coefficient (Wildman–Crippen LogP) is 3.02. The van der Waals surface area contributed by atoms with Crippen molar-refractivity contribution in [3.63, 3.8) is 0 Å². The Morgan fingerprint density at radius 3 is 2.47 bits per heavy atom. The zero-order valence-electron chi connectivity index (χ0n) is 8.93. The first kappa shape index (κ1) is 13.3. The molecule has 1 atom stereocenters. The van der Waals surface area contributed by atoms with Gasteiger partial charge in [0.15, 0.2) is 0 Å². The van der Waals surface area contributed by atoms with Crippen molar-refractivity contribution in [2.75, 3.05) is 26.2 Å². The lowest BCUT2D eigenvalue weighted by atomic mass is 10.1. The molecular formula is C10H12BrF3N2S. The molecule has 1 aromatic heterocycles. The highest BCUT2D eigenvalue weighted by Gasteiger charge is 2.46. The molecule has 1 aliphatic heterocycles. The van der Waals surface area contributed by atoms with Gasteiger partial charge in [-0.3, -0.25) is 4.90 Å². The van der Waals surface area contributed by atoms with Crippen molar-refractivity contribution < 1.29 is 13.2 Å². The van der Waals surface area contributed by atoms with Crippen LogP contribution in [0.25, 0.3) is 0 Å². The quantitative estimate of drug-likeness (QED) is 0.897. The third-order valence-corrected chi connectivity index (χ3v) is 4.64. The van der Waals surface area contributed by atoms with Crippen molar-refractivity contribution in [2.45, 2.75) is 12.2 Å². The number of halogens is 4. The molecule has 0 unspecified atom stereocenters. The number of thiophene rings is 1. The van der Waals surface area contributed by atoms with E-state index in [-0.39, 0.29) is 0 Å². The molecule has 0 radical (unpaired) electrons. The highest BCUT2D eigenvalue weighted by atomic mass is 79.9. The van der Waals surface area contributed by atoms with Gasteiger partial charge in [-0.1, -0.05) is 0 Å². The molecule has 2 heterocycles. The maximum atomic E-state index is 13.2. The lowest BCUT2D eigenvalue weighted by Crippen LogP contribution is -2.48. The Morgan fingerprint density at radius 2 is 2.00 bits per heavy atom. The second kappa shape index (κ2) is 5.26. The van der Waals surface area contributed by atoms with Crippen LogP contribution in [0.2, 0.25) is 0 Å². The highest BCUT2D eigenvalue weighted by molar-refractivity contribution is 9.10. The molecule has 7 heteroatoms. The molecule has 0 amide bonds. The van der Waals surface area contributed by atoms with Gasteiger partial charge in [0, 0.05) is 35.5 Å². The third-order valence-electron chi connectivity index (χ3n) is 2.72. The summed E-state index contributed by atoms with van der Waals surface area (Å²) >= 11 is 4.34. The van der Waals surface area contributed by atoms with Crippen molar-refractivity contribution in [1.29, 1.82) is 0 Å². The Hall–Kier alpha value is -0.110. The first-order valence-corrected chi connectivity index (χ1v) is 6.92. The van der Waals surface area contributed by atoms with Gasteiger partial charge < -0.3 is 5.32 Å². The minimum atomic E-state index is -4.23. The van der Waals surface area contributed by atoms with E-state index in [1.54, 1.807) is 11.4 Å². The van der Waals surface area contributed by atoms with Gasteiger partial charge in [0.2, 0.25) is 0 Å². The van der Waals surface area contributed by atoms with Gasteiger partial charge in [-0.05, 0) is 27.4 Å². The van der Waals surface area contributed by atoms with Gasteiger partial charge in [0.1, 0.15) is 6.04 Å². The molecule has 1 aliphatic rings. The number of nitrogens with zero attached hydrogens (tertiary/aromatic N) is 1. The van der Waals surface area contributed by atoms with Crippen LogP contribution in [0.15, 0.2) is 15.9 Å². The van der Waals surface area contributed by atoms with Crippen LogP contribution in [0.4, 0.5) is 13.2 Å². The average Bonchev–Trinajstić information content (AvgIpc) is 2.65. The van der Waals surface area contributed by atoms with Crippen molar-refractivity contribution in [2.24, 2.45) is 0 Å². The third kappa shape index (κ3) is 3.01. The van der Waals surface area contributed by atoms with Gasteiger partial charge in [0.05, 0.1) is 0 Å². The number of nitrogens with one attached hydrogen (secondary N) is 1. The van der Waals surface area contributed by atoms with E-state index in [0.29, 0.717) is 35.5 Å². The summed E-state index contributed by atoms with van der Waals surface area (Å²) in [4.78, 5) is 1.84. The van der Waals surface area contributed by atoms with E-state index in [1.165, 1.54) is 4.90 Å². The van der Waals surface area contributed by atoms with E-state index in [2.05, 4.69) is 21.2 Å². The summed E-state index contributed by atoms with van der Waals surface area (Å²) in [6, 6.07) is 0.181. The van der Waals surface area contributed by atoms with E-state index in [4.69, 9.17) is 0 Å². The summed E-state index contributed by atoms with van der Waals surface area (Å²) in [6.07, 6.45) is -4.23. The smallest absolute Gasteiger partial charge is 0.314 e. The fourth-order valence-corrected chi connectivity index (χ4v) is 3.71. The summed E-state index contributed by atoms with van der Waals surface area (Å²) in [5.41, 5.74) is 0. The van der Waals surface area contributed by atoms with Crippen molar-refractivity contribution >= 4 is 27.3 Å². The number of alkyl halides is 3. The molecule has 0 aliphatic carbocycles. The van der Waals surface area contributed by atoms with Crippen LogP contribution in [0.5, 0.6) is 0 Å². The van der Waals surface area contributed by atoms with Gasteiger partial charge in [-0.2, -0.15) is 13.2 Å². The monoisotopic (exact) mass is 328 g/mol. The maximum Gasteiger partial charge on any atom is 0.408 e. The average molecular weight is 329 g/mol. The van der Waals surface area contributed by atoms with E-state index in [1.807, 2.05) is 0 Å². The molecule has 0 saturated carbocycles. The molecule has 1 N–H and O–H groups in total. The second-order valence-electron chi connectivity index (χ2n) is 3.86. The van der Waals surface area contributed by atoms with Gasteiger partial charge in [-0.15, -0.1) is 11.3 Å². The molecule has 0 bridgehead atoms. The predicted molar refractivity (Wildman–Crippen MR) is 65.3 cm³/mol. The molecule has 2 rings (SSSR count). The first-order valence-electron chi connectivity index (χ1n) is 5.24. The molecular weight excluding hydrogens is 317 g/mol. The van der Waals surface area contributed by atoms with E-state index in [9.17, 15) is 13.2 Å². The minimum Gasteiger partial charge on any atom is -0.314 e. The van der Waals surface area contributed by atoms with Gasteiger partial charge in [-0.25, -0.2) is 0 Å². The molecule has 0 aromatic carbocycles. The summed E-state index contributed by atoms with van der Waals surface area (Å²) in [7, 11) is 0. The van der Waals surface area contributed by atoms with Crippen molar-refractivity contribution in [1.82, 2.24) is 10.2 Å². The lowest BCUT2D eigenvalue weighted by molar-refractivity contribution is -0.187. The zero-order chi connectivity index (χ0) is 12.5. The molecule has 0 spiro atoms. The van der Waals surface area contributed by atoms with Crippen LogP contribution in [0, 0.1) is 0 Å². The largest absolute Gasteiger partial charge is 0.408 e. The summed E-state index contributed by atoms with van der Waals surface area (Å²) in [6.45, 7) is 2.06. The number of hydrogen-bond acceptors (Lipinski definition) is 3. The number of hydrogen-bond donors (Lipinski definition) is 1. The van der Waals surface area contributed by atoms with E-state index >= 15 is 0 Å². The fraction of sp³-hybridized carbons (Fsp3) is 0.600. The van der Waals surface area contributed by atoms with Crippen LogP contribution in [0.3, 0.4) is 0 Å². The van der Waals surface area contributed by atoms with Crippen molar-refractivity contribution in [3.05, 3.63) is 20.8 Å². The number of piperazine rings is 1. The van der Waals surface area contributed by atoms with E-state index < -0.39 is 12.2 Å². The SMILES string of the molecule is FC(F)(F)[C@H](c1sccc1Br)N1CCNCC1. The zero-order valence-corrected chi connectivity index (χ0v) is 11.3. The van der Waals surface area contributed by atoms with Crippen LogP contribution in [-0.2, 0) is 0 Å². The van der Waals surface area contributed by atoms with Crippen molar-refractivity contribution in [3.8, 4) is 0 Å². The Balaban J connectivity index is 2.28. The Kier molecular flexibility index (Phi) is 4.12. The first-order chi connectivity index (χ1) is 8.00. The van der Waals surface area contributed by atoms with Gasteiger partial charge in [0.25, 0.3) is 0 Å². The summed E-state index contributed by atoms with van der Waals surface area (Å²) in [5.74, 6) is 0. The van der Waals surface area contributed by atoms with Crippen LogP contribution >= 0.6 is 27.3 Å². The second-order valence-corrected chi connectivity index (χ2v) is 5.66. The van der Waals surface area contributed by atoms with Gasteiger partial charge >= 0.3 is 6.18 Å².